The summed E-state index contributed by atoms with van der Waals surface area (Å²) in [5.74, 6) is -0.104. The summed E-state index contributed by atoms with van der Waals surface area (Å²) < 4.78 is 34.2. The van der Waals surface area contributed by atoms with E-state index in [0.29, 0.717) is 25.4 Å². The lowest BCUT2D eigenvalue weighted by atomic mass is 9.85. The number of carbonyl (C=O) groups excluding carboxylic acids is 1. The van der Waals surface area contributed by atoms with E-state index in [1.807, 2.05) is 0 Å². The molecule has 3 atom stereocenters. The van der Waals surface area contributed by atoms with Crippen molar-refractivity contribution in [3.63, 3.8) is 0 Å². The molecule has 1 aliphatic carbocycles. The van der Waals surface area contributed by atoms with Crippen LogP contribution in [0, 0.1) is 5.92 Å². The summed E-state index contributed by atoms with van der Waals surface area (Å²) in [5, 5.41) is 0. The van der Waals surface area contributed by atoms with Gasteiger partial charge in [-0.05, 0) is 38.0 Å². The van der Waals surface area contributed by atoms with Gasteiger partial charge in [0.25, 0.3) is 10.2 Å². The Morgan fingerprint density at radius 3 is 2.41 bits per heavy atom. The summed E-state index contributed by atoms with van der Waals surface area (Å²) in [7, 11) is -2.23. The quantitative estimate of drug-likeness (QED) is 0.736. The van der Waals surface area contributed by atoms with Crippen LogP contribution in [-0.2, 0) is 19.7 Å². The van der Waals surface area contributed by atoms with E-state index in [1.165, 1.54) is 11.4 Å². The van der Waals surface area contributed by atoms with E-state index in [1.54, 1.807) is 4.31 Å². The number of carbonyl (C=O) groups is 1. The maximum absolute atomic E-state index is 13.1. The van der Waals surface area contributed by atoms with Crippen LogP contribution in [0.3, 0.4) is 0 Å². The highest BCUT2D eigenvalue weighted by Gasteiger charge is 2.52. The molecule has 3 aliphatic rings. The Morgan fingerprint density at radius 1 is 1.05 bits per heavy atom. The molecule has 0 aromatic rings. The third kappa shape index (κ3) is 2.78. The van der Waals surface area contributed by atoms with Crippen LogP contribution in [0.5, 0.6) is 0 Å². The molecule has 0 radical (unpaired) electrons. The zero-order valence-electron chi connectivity index (χ0n) is 13.2. The predicted molar refractivity (Wildman–Crippen MR) is 82.3 cm³/mol. The van der Waals surface area contributed by atoms with Crippen LogP contribution >= 0.6 is 0 Å². The van der Waals surface area contributed by atoms with Gasteiger partial charge in [-0.3, -0.25) is 4.79 Å². The first-order valence-corrected chi connectivity index (χ1v) is 9.82. The van der Waals surface area contributed by atoms with Crippen molar-refractivity contribution in [2.75, 3.05) is 20.2 Å². The monoisotopic (exact) mass is 330 g/mol. The van der Waals surface area contributed by atoms with Gasteiger partial charge in [-0.2, -0.15) is 17.0 Å². The molecule has 3 unspecified atom stereocenters. The molecule has 0 spiro atoms. The number of nitrogens with zero attached hydrogens (tertiary/aromatic N) is 2. The topological polar surface area (TPSA) is 66.9 Å². The lowest BCUT2D eigenvalue weighted by Gasteiger charge is -2.37. The van der Waals surface area contributed by atoms with Gasteiger partial charge in [0.1, 0.15) is 6.04 Å². The highest BCUT2D eigenvalue weighted by atomic mass is 32.2. The highest BCUT2D eigenvalue weighted by molar-refractivity contribution is 7.86. The number of rotatable bonds is 3. The molecule has 0 aromatic heterocycles. The average Bonchev–Trinajstić information content (AvgIpc) is 2.95. The molecule has 0 amide bonds. The number of piperidine rings is 1. The van der Waals surface area contributed by atoms with E-state index < -0.39 is 22.2 Å². The van der Waals surface area contributed by atoms with Crippen LogP contribution in [0.2, 0.25) is 0 Å². The van der Waals surface area contributed by atoms with Gasteiger partial charge in [0.05, 0.1) is 7.11 Å². The Labute approximate surface area is 133 Å². The maximum Gasteiger partial charge on any atom is 0.324 e. The zero-order chi connectivity index (χ0) is 15.7. The van der Waals surface area contributed by atoms with Crippen molar-refractivity contribution in [2.45, 2.75) is 63.5 Å². The smallest absolute Gasteiger partial charge is 0.324 e. The van der Waals surface area contributed by atoms with Crippen LogP contribution in [0.15, 0.2) is 0 Å². The first-order chi connectivity index (χ1) is 10.6. The molecule has 1 saturated carbocycles. The van der Waals surface area contributed by atoms with Gasteiger partial charge in [0.2, 0.25) is 0 Å². The highest BCUT2D eigenvalue weighted by Crippen LogP contribution is 2.42. The van der Waals surface area contributed by atoms with Crippen molar-refractivity contribution in [1.82, 2.24) is 8.61 Å². The molecule has 2 heterocycles. The molecule has 0 N–H and O–H groups in total. The Hall–Kier alpha value is -0.660. The Kier molecular flexibility index (Phi) is 4.75. The van der Waals surface area contributed by atoms with Gasteiger partial charge in [-0.25, -0.2) is 0 Å². The Bertz CT molecular complexity index is 516. The van der Waals surface area contributed by atoms with E-state index in [4.69, 9.17) is 4.74 Å². The zero-order valence-corrected chi connectivity index (χ0v) is 14.1. The van der Waals surface area contributed by atoms with E-state index >= 15 is 0 Å². The molecule has 0 bridgehead atoms. The van der Waals surface area contributed by atoms with Crippen molar-refractivity contribution in [1.29, 1.82) is 0 Å². The van der Waals surface area contributed by atoms with Crippen LogP contribution in [0.25, 0.3) is 0 Å². The third-order valence-corrected chi connectivity index (χ3v) is 7.49. The van der Waals surface area contributed by atoms with Gasteiger partial charge in [-0.1, -0.05) is 19.3 Å². The van der Waals surface area contributed by atoms with Crippen molar-refractivity contribution < 1.29 is 17.9 Å². The maximum atomic E-state index is 13.1. The minimum Gasteiger partial charge on any atom is -0.468 e. The SMILES string of the molecule is COC(=O)C1CC2CCCCC2N1S(=O)(=O)N1CCCCC1. The fourth-order valence-electron chi connectivity index (χ4n) is 4.32. The summed E-state index contributed by atoms with van der Waals surface area (Å²) in [5.41, 5.74) is 0. The summed E-state index contributed by atoms with van der Waals surface area (Å²) in [6, 6.07) is -0.658. The van der Waals surface area contributed by atoms with Gasteiger partial charge >= 0.3 is 5.97 Å². The number of ether oxygens (including phenoxy) is 1. The molecular formula is C15H26N2O4S. The van der Waals surface area contributed by atoms with Crippen molar-refractivity contribution >= 4 is 16.2 Å². The summed E-state index contributed by atoms with van der Waals surface area (Å²) >= 11 is 0. The second kappa shape index (κ2) is 6.45. The Balaban J connectivity index is 1.90. The van der Waals surface area contributed by atoms with Crippen molar-refractivity contribution in [2.24, 2.45) is 5.92 Å². The first-order valence-electron chi connectivity index (χ1n) is 8.42. The number of hydrogen-bond acceptors (Lipinski definition) is 4. The fraction of sp³-hybridized carbons (Fsp3) is 0.933. The number of fused-ring (bicyclic) bond motifs is 1. The molecule has 22 heavy (non-hydrogen) atoms. The summed E-state index contributed by atoms with van der Waals surface area (Å²) in [4.78, 5) is 12.2. The minimum atomic E-state index is -3.57. The third-order valence-electron chi connectivity index (χ3n) is 5.41. The number of hydrogen-bond donors (Lipinski definition) is 0. The normalized spacial score (nSPS) is 34.3. The molecule has 126 valence electrons. The lowest BCUT2D eigenvalue weighted by Crippen LogP contribution is -2.53. The molecule has 2 aliphatic heterocycles. The number of methoxy groups -OCH3 is 1. The molecule has 6 nitrogen and oxygen atoms in total. The van der Waals surface area contributed by atoms with Crippen LogP contribution in [0.1, 0.15) is 51.4 Å². The second-order valence-electron chi connectivity index (χ2n) is 6.68. The molecule has 3 rings (SSSR count). The van der Waals surface area contributed by atoms with E-state index in [2.05, 4.69) is 0 Å². The van der Waals surface area contributed by atoms with Crippen LogP contribution < -0.4 is 0 Å². The average molecular weight is 330 g/mol. The molecule has 3 fully saturated rings. The van der Waals surface area contributed by atoms with Gasteiger partial charge in [0.15, 0.2) is 0 Å². The van der Waals surface area contributed by atoms with E-state index in [0.717, 1.165) is 44.9 Å². The Morgan fingerprint density at radius 2 is 1.73 bits per heavy atom. The summed E-state index contributed by atoms with van der Waals surface area (Å²) in [6.07, 6.45) is 7.57. The molecule has 0 aromatic carbocycles. The van der Waals surface area contributed by atoms with Gasteiger partial charge in [0, 0.05) is 19.1 Å². The minimum absolute atomic E-state index is 0.0234. The van der Waals surface area contributed by atoms with Crippen LogP contribution in [-0.4, -0.2) is 55.3 Å². The summed E-state index contributed by atoms with van der Waals surface area (Å²) in [6.45, 7) is 1.15. The first kappa shape index (κ1) is 16.2. The predicted octanol–water partition coefficient (Wildman–Crippen LogP) is 1.52. The van der Waals surface area contributed by atoms with Crippen molar-refractivity contribution in [3.05, 3.63) is 0 Å². The lowest BCUT2D eigenvalue weighted by molar-refractivity contribution is -0.144. The largest absolute Gasteiger partial charge is 0.468 e. The van der Waals surface area contributed by atoms with Crippen molar-refractivity contribution in [3.8, 4) is 0 Å². The standard InChI is InChI=1S/C15H26N2O4S/c1-21-15(18)14-11-12-7-3-4-8-13(12)17(14)22(19,20)16-9-5-2-6-10-16/h12-14H,2-11H2,1H3. The fourth-order valence-corrected chi connectivity index (χ4v) is 6.42. The molecule has 2 saturated heterocycles. The molecular weight excluding hydrogens is 304 g/mol. The van der Waals surface area contributed by atoms with E-state index in [9.17, 15) is 13.2 Å². The van der Waals surface area contributed by atoms with Crippen LogP contribution in [0.4, 0.5) is 0 Å². The van der Waals surface area contributed by atoms with Gasteiger partial charge < -0.3 is 4.74 Å². The number of esters is 1. The molecule has 7 heteroatoms. The second-order valence-corrected chi connectivity index (χ2v) is 8.52. The van der Waals surface area contributed by atoms with E-state index in [-0.39, 0.29) is 6.04 Å². The van der Waals surface area contributed by atoms with Gasteiger partial charge in [-0.15, -0.1) is 0 Å².